The van der Waals surface area contributed by atoms with Crippen LogP contribution in [0.4, 0.5) is 0 Å². The molecule has 0 aliphatic carbocycles. The van der Waals surface area contributed by atoms with Crippen molar-refractivity contribution in [2.75, 3.05) is 6.54 Å². The lowest BCUT2D eigenvalue weighted by Gasteiger charge is -2.09. The maximum absolute atomic E-state index is 12.2. The smallest absolute Gasteiger partial charge is 0.251 e. The van der Waals surface area contributed by atoms with Crippen molar-refractivity contribution in [1.29, 1.82) is 0 Å². The minimum Gasteiger partial charge on any atom is -0.487 e. The number of pyridine rings is 1. The lowest BCUT2D eigenvalue weighted by Crippen LogP contribution is -2.25. The van der Waals surface area contributed by atoms with Crippen LogP contribution in [0.3, 0.4) is 0 Å². The SMILES string of the molecule is CC(C)CCNC(=O)c1cccc(OCc2cn3ccccc3n2)c1. The number of hydrogen-bond donors (Lipinski definition) is 1. The molecule has 0 bridgehead atoms. The van der Waals surface area contributed by atoms with Crippen LogP contribution in [0.25, 0.3) is 5.65 Å². The average molecular weight is 337 g/mol. The predicted molar refractivity (Wildman–Crippen MR) is 97.8 cm³/mol. The monoisotopic (exact) mass is 337 g/mol. The summed E-state index contributed by atoms with van der Waals surface area (Å²) in [6.45, 7) is 5.32. The van der Waals surface area contributed by atoms with Gasteiger partial charge in [0.1, 0.15) is 18.0 Å². The molecule has 5 nitrogen and oxygen atoms in total. The van der Waals surface area contributed by atoms with Crippen LogP contribution >= 0.6 is 0 Å². The molecule has 2 aromatic heterocycles. The van der Waals surface area contributed by atoms with Crippen LogP contribution in [-0.4, -0.2) is 21.8 Å². The number of ether oxygens (including phenoxy) is 1. The summed E-state index contributed by atoms with van der Waals surface area (Å²) in [5.74, 6) is 1.16. The third-order valence-corrected chi connectivity index (χ3v) is 3.90. The topological polar surface area (TPSA) is 55.6 Å². The molecule has 1 amide bonds. The molecule has 0 spiro atoms. The number of fused-ring (bicyclic) bond motifs is 1. The number of aromatic nitrogens is 2. The predicted octanol–water partition coefficient (Wildman–Crippen LogP) is 3.69. The fraction of sp³-hybridized carbons (Fsp3) is 0.300. The van der Waals surface area contributed by atoms with E-state index in [1.807, 2.05) is 47.1 Å². The molecule has 0 fully saturated rings. The molecule has 0 aliphatic rings. The van der Waals surface area contributed by atoms with Gasteiger partial charge in [0.05, 0.1) is 5.69 Å². The molecule has 1 aromatic carbocycles. The number of carbonyl (C=O) groups is 1. The van der Waals surface area contributed by atoms with Gasteiger partial charge in [-0.25, -0.2) is 4.98 Å². The zero-order valence-electron chi connectivity index (χ0n) is 14.6. The summed E-state index contributed by atoms with van der Waals surface area (Å²) in [6.07, 6.45) is 4.86. The Kier molecular flexibility index (Phi) is 5.33. The van der Waals surface area contributed by atoms with Gasteiger partial charge in [0, 0.05) is 24.5 Å². The summed E-state index contributed by atoms with van der Waals surface area (Å²) < 4.78 is 7.75. The van der Waals surface area contributed by atoms with E-state index in [1.165, 1.54) is 0 Å². The highest BCUT2D eigenvalue weighted by Crippen LogP contribution is 2.15. The van der Waals surface area contributed by atoms with Crippen LogP contribution in [0.15, 0.2) is 54.9 Å². The fourth-order valence-electron chi connectivity index (χ4n) is 2.52. The summed E-state index contributed by atoms with van der Waals surface area (Å²) in [5, 5.41) is 2.94. The number of imidazole rings is 1. The van der Waals surface area contributed by atoms with Gasteiger partial charge in [-0.1, -0.05) is 26.0 Å². The molecule has 0 unspecified atom stereocenters. The Morgan fingerprint density at radius 2 is 2.12 bits per heavy atom. The van der Waals surface area contributed by atoms with Crippen LogP contribution in [0.5, 0.6) is 5.75 Å². The van der Waals surface area contributed by atoms with E-state index in [4.69, 9.17) is 4.74 Å². The quantitative estimate of drug-likeness (QED) is 0.715. The number of benzene rings is 1. The van der Waals surface area contributed by atoms with Gasteiger partial charge in [-0.05, 0) is 42.7 Å². The van der Waals surface area contributed by atoms with Crippen molar-refractivity contribution < 1.29 is 9.53 Å². The molecule has 2 heterocycles. The highest BCUT2D eigenvalue weighted by Gasteiger charge is 2.08. The third kappa shape index (κ3) is 4.59. The highest BCUT2D eigenvalue weighted by atomic mass is 16.5. The maximum atomic E-state index is 12.2. The van der Waals surface area contributed by atoms with E-state index in [0.717, 1.165) is 17.8 Å². The van der Waals surface area contributed by atoms with Gasteiger partial charge < -0.3 is 14.5 Å². The van der Waals surface area contributed by atoms with E-state index < -0.39 is 0 Å². The van der Waals surface area contributed by atoms with Crippen LogP contribution in [0, 0.1) is 5.92 Å². The number of nitrogens with one attached hydrogen (secondary N) is 1. The number of rotatable bonds is 7. The van der Waals surface area contributed by atoms with Gasteiger partial charge in [0.2, 0.25) is 0 Å². The lowest BCUT2D eigenvalue weighted by atomic mass is 10.1. The Labute approximate surface area is 147 Å². The molecule has 0 saturated carbocycles. The van der Waals surface area contributed by atoms with Gasteiger partial charge in [-0.15, -0.1) is 0 Å². The first kappa shape index (κ1) is 17.0. The standard InChI is InChI=1S/C20H23N3O2/c1-15(2)9-10-21-20(24)16-6-5-7-18(12-16)25-14-17-13-23-11-4-3-8-19(23)22-17/h3-8,11-13,15H,9-10,14H2,1-2H3,(H,21,24). The van der Waals surface area contributed by atoms with Gasteiger partial charge in [-0.3, -0.25) is 4.79 Å². The molecule has 0 saturated heterocycles. The molecule has 0 aliphatic heterocycles. The molecule has 0 atom stereocenters. The van der Waals surface area contributed by atoms with Crippen molar-refractivity contribution in [2.45, 2.75) is 26.9 Å². The van der Waals surface area contributed by atoms with Crippen molar-refractivity contribution in [3.63, 3.8) is 0 Å². The molecule has 3 aromatic rings. The highest BCUT2D eigenvalue weighted by molar-refractivity contribution is 5.94. The minimum absolute atomic E-state index is 0.0705. The normalized spacial score (nSPS) is 11.0. The number of amides is 1. The Balaban J connectivity index is 1.60. The zero-order valence-corrected chi connectivity index (χ0v) is 14.6. The molecule has 3 rings (SSSR count). The largest absolute Gasteiger partial charge is 0.487 e. The molecule has 5 heteroatoms. The first-order chi connectivity index (χ1) is 12.1. The van der Waals surface area contributed by atoms with Gasteiger partial charge in [0.15, 0.2) is 0 Å². The molecular formula is C20H23N3O2. The Hall–Kier alpha value is -2.82. The lowest BCUT2D eigenvalue weighted by molar-refractivity contribution is 0.0951. The number of hydrogen-bond acceptors (Lipinski definition) is 3. The molecule has 25 heavy (non-hydrogen) atoms. The Morgan fingerprint density at radius 1 is 1.24 bits per heavy atom. The maximum Gasteiger partial charge on any atom is 0.251 e. The van der Waals surface area contributed by atoms with Gasteiger partial charge >= 0.3 is 0 Å². The zero-order chi connectivity index (χ0) is 17.6. The molecule has 0 radical (unpaired) electrons. The Morgan fingerprint density at radius 3 is 2.92 bits per heavy atom. The van der Waals surface area contributed by atoms with Crippen LogP contribution < -0.4 is 10.1 Å². The summed E-state index contributed by atoms with van der Waals surface area (Å²) in [6, 6.07) is 13.1. The van der Waals surface area contributed by atoms with Gasteiger partial charge in [-0.2, -0.15) is 0 Å². The first-order valence-corrected chi connectivity index (χ1v) is 8.55. The molecular weight excluding hydrogens is 314 g/mol. The van der Waals surface area contributed by atoms with Gasteiger partial charge in [0.25, 0.3) is 5.91 Å². The summed E-state index contributed by atoms with van der Waals surface area (Å²) in [5.41, 5.74) is 2.34. The second kappa shape index (κ2) is 7.83. The summed E-state index contributed by atoms with van der Waals surface area (Å²) >= 11 is 0. The minimum atomic E-state index is -0.0705. The van der Waals surface area contributed by atoms with Crippen LogP contribution in [-0.2, 0) is 6.61 Å². The fourth-order valence-corrected chi connectivity index (χ4v) is 2.52. The van der Waals surface area contributed by atoms with E-state index in [0.29, 0.717) is 30.4 Å². The average Bonchev–Trinajstić information content (AvgIpc) is 3.03. The Bertz CT molecular complexity index is 822. The summed E-state index contributed by atoms with van der Waals surface area (Å²) in [7, 11) is 0. The van der Waals surface area contributed by atoms with Crippen LogP contribution in [0.2, 0.25) is 0 Å². The first-order valence-electron chi connectivity index (χ1n) is 8.55. The second-order valence-electron chi connectivity index (χ2n) is 6.45. The van der Waals surface area contributed by atoms with E-state index in [9.17, 15) is 4.79 Å². The summed E-state index contributed by atoms with van der Waals surface area (Å²) in [4.78, 5) is 16.7. The van der Waals surface area contributed by atoms with E-state index >= 15 is 0 Å². The van der Waals surface area contributed by atoms with Crippen molar-refractivity contribution in [2.24, 2.45) is 5.92 Å². The molecule has 130 valence electrons. The van der Waals surface area contributed by atoms with E-state index in [1.54, 1.807) is 12.1 Å². The van der Waals surface area contributed by atoms with Crippen molar-refractivity contribution in [3.05, 3.63) is 66.1 Å². The number of carbonyl (C=O) groups excluding carboxylic acids is 1. The van der Waals surface area contributed by atoms with Crippen molar-refractivity contribution >= 4 is 11.6 Å². The van der Waals surface area contributed by atoms with Crippen LogP contribution in [0.1, 0.15) is 36.3 Å². The third-order valence-electron chi connectivity index (χ3n) is 3.90. The van der Waals surface area contributed by atoms with Crippen molar-refractivity contribution in [3.8, 4) is 5.75 Å². The number of nitrogens with zero attached hydrogens (tertiary/aromatic N) is 2. The van der Waals surface area contributed by atoms with E-state index in [2.05, 4.69) is 24.1 Å². The second-order valence-corrected chi connectivity index (χ2v) is 6.45. The molecule has 1 N–H and O–H groups in total. The van der Waals surface area contributed by atoms with E-state index in [-0.39, 0.29) is 5.91 Å². The van der Waals surface area contributed by atoms with Crippen molar-refractivity contribution in [1.82, 2.24) is 14.7 Å².